The van der Waals surface area contributed by atoms with Crippen LogP contribution in [0.1, 0.15) is 220 Å². The van der Waals surface area contributed by atoms with Gasteiger partial charge in [-0.3, -0.25) is 14.4 Å². The molecule has 0 aliphatic heterocycles. The van der Waals surface area contributed by atoms with Crippen LogP contribution in [0.15, 0.2) is 72.9 Å². The average Bonchev–Trinajstić information content (AvgIpc) is 3.22. The molecule has 0 amide bonds. The molecule has 6 heteroatoms. The van der Waals surface area contributed by atoms with Crippen LogP contribution in [0.4, 0.5) is 0 Å². The maximum atomic E-state index is 12.7. The maximum absolute atomic E-state index is 12.7. The van der Waals surface area contributed by atoms with Gasteiger partial charge in [0.2, 0.25) is 0 Å². The SMILES string of the molecule is CC\C=C/C=C\C=C/C=C\C=C/CCCC(=O)OC(COC(=O)CCCCCCC/C=C\CCCCCCCCC)COC(=O)CCCCCCCCCCCCC. The number of rotatable bonds is 42. The van der Waals surface area contributed by atoms with Gasteiger partial charge in [0.05, 0.1) is 0 Å². The highest BCUT2D eigenvalue weighted by Crippen LogP contribution is 2.14. The molecule has 0 aromatic carbocycles. The molecule has 0 aliphatic carbocycles. The van der Waals surface area contributed by atoms with Crippen LogP contribution in [-0.2, 0) is 28.6 Å². The van der Waals surface area contributed by atoms with Crippen molar-refractivity contribution in [2.24, 2.45) is 0 Å². The van der Waals surface area contributed by atoms with Gasteiger partial charge in [0, 0.05) is 19.3 Å². The van der Waals surface area contributed by atoms with Gasteiger partial charge in [-0.1, -0.05) is 216 Å². The normalized spacial score (nSPS) is 12.7. The summed E-state index contributed by atoms with van der Waals surface area (Å²) in [4.78, 5) is 37.8. The Morgan fingerprint density at radius 3 is 1.14 bits per heavy atom. The molecule has 0 aromatic heterocycles. The highest BCUT2D eigenvalue weighted by molar-refractivity contribution is 5.71. The Morgan fingerprint density at radius 1 is 0.362 bits per heavy atom. The van der Waals surface area contributed by atoms with E-state index >= 15 is 0 Å². The Balaban J connectivity index is 4.47. The zero-order chi connectivity index (χ0) is 42.3. The topological polar surface area (TPSA) is 78.9 Å². The van der Waals surface area contributed by atoms with E-state index in [1.54, 1.807) is 0 Å². The van der Waals surface area contributed by atoms with Crippen LogP contribution in [0.3, 0.4) is 0 Å². The largest absolute Gasteiger partial charge is 0.462 e. The van der Waals surface area contributed by atoms with Crippen LogP contribution in [0.5, 0.6) is 0 Å². The molecular weight excluding hydrogens is 721 g/mol. The summed E-state index contributed by atoms with van der Waals surface area (Å²) >= 11 is 0. The Bertz CT molecular complexity index is 1110. The van der Waals surface area contributed by atoms with Crippen molar-refractivity contribution in [3.63, 3.8) is 0 Å². The molecule has 1 unspecified atom stereocenters. The van der Waals surface area contributed by atoms with Crippen molar-refractivity contribution in [3.05, 3.63) is 72.9 Å². The number of hydrogen-bond donors (Lipinski definition) is 0. The number of hydrogen-bond acceptors (Lipinski definition) is 6. The van der Waals surface area contributed by atoms with Gasteiger partial charge in [0.1, 0.15) is 13.2 Å². The lowest BCUT2D eigenvalue weighted by Gasteiger charge is -2.18. The first-order valence-electron chi connectivity index (χ1n) is 24.0. The van der Waals surface area contributed by atoms with Crippen molar-refractivity contribution in [2.45, 2.75) is 226 Å². The van der Waals surface area contributed by atoms with Crippen molar-refractivity contribution >= 4 is 17.9 Å². The molecule has 0 bridgehead atoms. The van der Waals surface area contributed by atoms with Crippen LogP contribution in [-0.4, -0.2) is 37.2 Å². The molecule has 0 N–H and O–H groups in total. The fourth-order valence-electron chi connectivity index (χ4n) is 6.47. The van der Waals surface area contributed by atoms with Crippen molar-refractivity contribution < 1.29 is 28.6 Å². The molecule has 0 aliphatic rings. The second-order valence-electron chi connectivity index (χ2n) is 15.8. The summed E-state index contributed by atoms with van der Waals surface area (Å²) in [5.74, 6) is -0.991. The molecule has 0 spiro atoms. The molecule has 0 aromatic rings. The monoisotopic (exact) mass is 809 g/mol. The minimum Gasteiger partial charge on any atom is -0.462 e. The first-order valence-corrected chi connectivity index (χ1v) is 24.0. The fraction of sp³-hybridized carbons (Fsp3) is 0.712. The molecule has 0 rings (SSSR count). The molecule has 0 heterocycles. The lowest BCUT2D eigenvalue weighted by atomic mass is 10.1. The zero-order valence-electron chi connectivity index (χ0n) is 37.8. The van der Waals surface area contributed by atoms with E-state index in [0.717, 1.165) is 57.8 Å². The summed E-state index contributed by atoms with van der Waals surface area (Å²) in [6.45, 7) is 6.40. The molecule has 0 radical (unpaired) electrons. The minimum absolute atomic E-state index is 0.105. The predicted octanol–water partition coefficient (Wildman–Crippen LogP) is 15.5. The highest BCUT2D eigenvalue weighted by atomic mass is 16.6. The van der Waals surface area contributed by atoms with E-state index in [9.17, 15) is 14.4 Å². The van der Waals surface area contributed by atoms with E-state index in [-0.39, 0.29) is 37.5 Å². The molecular formula is C52H88O6. The zero-order valence-corrected chi connectivity index (χ0v) is 37.8. The summed E-state index contributed by atoms with van der Waals surface area (Å²) in [6.07, 6.45) is 57.5. The van der Waals surface area contributed by atoms with Gasteiger partial charge in [-0.05, 0) is 57.8 Å². The van der Waals surface area contributed by atoms with Gasteiger partial charge in [-0.25, -0.2) is 0 Å². The van der Waals surface area contributed by atoms with Gasteiger partial charge >= 0.3 is 17.9 Å². The lowest BCUT2D eigenvalue weighted by molar-refractivity contribution is -0.167. The van der Waals surface area contributed by atoms with Gasteiger partial charge in [0.15, 0.2) is 6.10 Å². The van der Waals surface area contributed by atoms with Gasteiger partial charge in [-0.2, -0.15) is 0 Å². The summed E-state index contributed by atoms with van der Waals surface area (Å²) in [5.41, 5.74) is 0. The average molecular weight is 809 g/mol. The third-order valence-corrected chi connectivity index (χ3v) is 10.1. The van der Waals surface area contributed by atoms with Crippen molar-refractivity contribution in [2.75, 3.05) is 13.2 Å². The molecule has 0 saturated carbocycles. The molecule has 1 atom stereocenters. The summed E-state index contributed by atoms with van der Waals surface area (Å²) in [5, 5.41) is 0. The Hall–Kier alpha value is -3.15. The Labute approximate surface area is 357 Å². The minimum atomic E-state index is -0.812. The van der Waals surface area contributed by atoms with Crippen molar-refractivity contribution in [1.82, 2.24) is 0 Å². The predicted molar refractivity (Wildman–Crippen MR) is 247 cm³/mol. The fourth-order valence-corrected chi connectivity index (χ4v) is 6.47. The molecule has 58 heavy (non-hydrogen) atoms. The number of allylic oxidation sites excluding steroid dienone is 12. The van der Waals surface area contributed by atoms with E-state index in [0.29, 0.717) is 19.3 Å². The van der Waals surface area contributed by atoms with Crippen LogP contribution in [0.25, 0.3) is 0 Å². The molecule has 0 saturated heterocycles. The van der Waals surface area contributed by atoms with E-state index in [1.807, 2.05) is 54.7 Å². The van der Waals surface area contributed by atoms with Gasteiger partial charge in [-0.15, -0.1) is 0 Å². The van der Waals surface area contributed by atoms with Crippen molar-refractivity contribution in [3.8, 4) is 0 Å². The summed E-state index contributed by atoms with van der Waals surface area (Å²) < 4.78 is 16.7. The summed E-state index contributed by atoms with van der Waals surface area (Å²) in [6, 6.07) is 0. The van der Waals surface area contributed by atoms with E-state index in [4.69, 9.17) is 14.2 Å². The van der Waals surface area contributed by atoms with Gasteiger partial charge in [0.25, 0.3) is 0 Å². The van der Waals surface area contributed by atoms with Crippen molar-refractivity contribution in [1.29, 1.82) is 0 Å². The van der Waals surface area contributed by atoms with E-state index < -0.39 is 6.10 Å². The standard InChI is InChI=1S/C52H88O6/c1-4-7-10-13-16-19-22-24-25-26-28-30-33-36-39-42-45-51(54)57-48-49(47-56-50(53)44-41-38-35-32-29-21-18-15-12-9-6-3)58-52(55)46-43-40-37-34-31-27-23-20-17-14-11-8-5-2/h8,11,14,17,20,23,25-27,31,34,37,49H,4-7,9-10,12-13,15-16,18-19,21-22,24,28-30,32-33,35-36,38-48H2,1-3H3/b11-8-,17-14-,23-20-,26-25-,31-27-,37-34-. The first-order chi connectivity index (χ1) is 28.5. The third-order valence-electron chi connectivity index (χ3n) is 10.1. The molecule has 332 valence electrons. The van der Waals surface area contributed by atoms with E-state index in [2.05, 4.69) is 39.0 Å². The lowest BCUT2D eigenvalue weighted by Crippen LogP contribution is -2.30. The van der Waals surface area contributed by atoms with Crippen LogP contribution in [0.2, 0.25) is 0 Å². The number of esters is 3. The first kappa shape index (κ1) is 54.9. The quantitative estimate of drug-likeness (QED) is 0.0201. The van der Waals surface area contributed by atoms with Gasteiger partial charge < -0.3 is 14.2 Å². The number of unbranched alkanes of at least 4 members (excludes halogenated alkanes) is 23. The molecule has 0 fully saturated rings. The molecule has 6 nitrogen and oxygen atoms in total. The Morgan fingerprint density at radius 2 is 0.707 bits per heavy atom. The Kier molecular flexibility index (Phi) is 44.0. The smallest absolute Gasteiger partial charge is 0.306 e. The number of ether oxygens (including phenoxy) is 3. The second-order valence-corrected chi connectivity index (χ2v) is 15.8. The maximum Gasteiger partial charge on any atom is 0.306 e. The van der Waals surface area contributed by atoms with E-state index in [1.165, 1.54) is 116 Å². The number of carbonyl (C=O) groups is 3. The number of carbonyl (C=O) groups excluding carboxylic acids is 3. The van der Waals surface area contributed by atoms with Crippen LogP contribution < -0.4 is 0 Å². The van der Waals surface area contributed by atoms with Crippen LogP contribution >= 0.6 is 0 Å². The second kappa shape index (κ2) is 46.5. The highest BCUT2D eigenvalue weighted by Gasteiger charge is 2.19. The summed E-state index contributed by atoms with van der Waals surface area (Å²) in [7, 11) is 0. The van der Waals surface area contributed by atoms with Crippen LogP contribution in [0, 0.1) is 0 Å². The third kappa shape index (κ3) is 44.0.